The minimum absolute atomic E-state index is 0.114. The fourth-order valence-corrected chi connectivity index (χ4v) is 2.04. The van der Waals surface area contributed by atoms with Gasteiger partial charge >= 0.3 is 0 Å². The van der Waals surface area contributed by atoms with Crippen LogP contribution in [0, 0.1) is 5.82 Å². The molecule has 1 aliphatic rings. The third-order valence-electron chi connectivity index (χ3n) is 2.79. The van der Waals surface area contributed by atoms with E-state index in [1.807, 2.05) is 0 Å². The summed E-state index contributed by atoms with van der Waals surface area (Å²) in [7, 11) is 0. The van der Waals surface area contributed by atoms with E-state index in [1.54, 1.807) is 6.07 Å². The van der Waals surface area contributed by atoms with Gasteiger partial charge in [0.2, 0.25) is 5.88 Å². The molecule has 1 aliphatic carbocycles. The van der Waals surface area contributed by atoms with Crippen LogP contribution in [0.4, 0.5) is 10.2 Å². The minimum atomic E-state index is -0.459. The van der Waals surface area contributed by atoms with Crippen molar-refractivity contribution in [2.75, 3.05) is 5.73 Å². The van der Waals surface area contributed by atoms with Crippen molar-refractivity contribution >= 4 is 21.7 Å². The molecule has 19 heavy (non-hydrogen) atoms. The van der Waals surface area contributed by atoms with Gasteiger partial charge in [-0.05, 0) is 31.0 Å². The molecule has 0 radical (unpaired) electrons. The molecule has 2 N–H and O–H groups in total. The maximum atomic E-state index is 13.7. The maximum Gasteiger partial charge on any atom is 0.224 e. The molecule has 0 aliphatic heterocycles. The summed E-state index contributed by atoms with van der Waals surface area (Å²) in [5, 5.41) is 0. The topological polar surface area (TPSA) is 61.0 Å². The van der Waals surface area contributed by atoms with Crippen molar-refractivity contribution < 1.29 is 9.13 Å². The van der Waals surface area contributed by atoms with Crippen LogP contribution >= 0.6 is 15.9 Å². The molecule has 2 aromatic rings. The second-order valence-corrected chi connectivity index (χ2v) is 5.36. The standard InChI is InChI=1S/C13H11BrFN3O/c14-8-3-4-10(9(15)5-8)19-12-6-11(16)17-13(18-12)7-1-2-7/h3-7H,1-2H2,(H2,16,17,18). The zero-order chi connectivity index (χ0) is 13.4. The first kappa shape index (κ1) is 12.3. The molecule has 3 rings (SSSR count). The summed E-state index contributed by atoms with van der Waals surface area (Å²) in [5.74, 6) is 1.30. The highest BCUT2D eigenvalue weighted by molar-refractivity contribution is 9.10. The van der Waals surface area contributed by atoms with E-state index >= 15 is 0 Å². The number of aromatic nitrogens is 2. The molecule has 6 heteroatoms. The summed E-state index contributed by atoms with van der Waals surface area (Å²) in [6.07, 6.45) is 2.13. The number of halogens is 2. The highest BCUT2D eigenvalue weighted by atomic mass is 79.9. The van der Waals surface area contributed by atoms with E-state index in [1.165, 1.54) is 18.2 Å². The van der Waals surface area contributed by atoms with E-state index < -0.39 is 5.82 Å². The zero-order valence-corrected chi connectivity index (χ0v) is 11.5. The van der Waals surface area contributed by atoms with Crippen LogP contribution in [0.2, 0.25) is 0 Å². The molecule has 4 nitrogen and oxygen atoms in total. The predicted octanol–water partition coefficient (Wildman–Crippen LogP) is 3.63. The molecule has 1 saturated carbocycles. The van der Waals surface area contributed by atoms with Crippen LogP contribution in [0.3, 0.4) is 0 Å². The van der Waals surface area contributed by atoms with Crippen LogP contribution in [-0.2, 0) is 0 Å². The van der Waals surface area contributed by atoms with Crippen molar-refractivity contribution in [3.8, 4) is 11.6 Å². The summed E-state index contributed by atoms with van der Waals surface area (Å²) in [4.78, 5) is 8.42. The SMILES string of the molecule is Nc1cc(Oc2ccc(Br)cc2F)nc(C2CC2)n1. The van der Waals surface area contributed by atoms with Crippen LogP contribution in [0.15, 0.2) is 28.7 Å². The second kappa shape index (κ2) is 4.77. The highest BCUT2D eigenvalue weighted by Gasteiger charge is 2.27. The Morgan fingerprint density at radius 3 is 2.74 bits per heavy atom. The predicted molar refractivity (Wildman–Crippen MR) is 72.6 cm³/mol. The number of rotatable bonds is 3. The molecular formula is C13H11BrFN3O. The van der Waals surface area contributed by atoms with Crippen LogP contribution in [0.25, 0.3) is 0 Å². The number of hydrogen-bond acceptors (Lipinski definition) is 4. The molecule has 98 valence electrons. The van der Waals surface area contributed by atoms with E-state index in [4.69, 9.17) is 10.5 Å². The van der Waals surface area contributed by atoms with Gasteiger partial charge in [-0.3, -0.25) is 0 Å². The van der Waals surface area contributed by atoms with Crippen LogP contribution < -0.4 is 10.5 Å². The van der Waals surface area contributed by atoms with E-state index in [9.17, 15) is 4.39 Å². The number of nitrogens with zero attached hydrogens (tertiary/aromatic N) is 2. The Labute approximate surface area is 118 Å². The van der Waals surface area contributed by atoms with Gasteiger partial charge in [-0.15, -0.1) is 0 Å². The molecule has 1 aromatic carbocycles. The molecule has 0 unspecified atom stereocenters. The van der Waals surface area contributed by atoms with Crippen molar-refractivity contribution in [2.45, 2.75) is 18.8 Å². The van der Waals surface area contributed by atoms with E-state index in [-0.39, 0.29) is 11.6 Å². The Balaban J connectivity index is 1.89. The molecule has 0 bridgehead atoms. The summed E-state index contributed by atoms with van der Waals surface area (Å²) >= 11 is 3.19. The Morgan fingerprint density at radius 1 is 1.26 bits per heavy atom. The largest absolute Gasteiger partial charge is 0.436 e. The van der Waals surface area contributed by atoms with E-state index in [2.05, 4.69) is 25.9 Å². The average Bonchev–Trinajstić information content (AvgIpc) is 3.16. The summed E-state index contributed by atoms with van der Waals surface area (Å²) in [5.41, 5.74) is 5.71. The molecular weight excluding hydrogens is 313 g/mol. The summed E-state index contributed by atoms with van der Waals surface area (Å²) in [6.45, 7) is 0. The lowest BCUT2D eigenvalue weighted by atomic mass is 10.3. The van der Waals surface area contributed by atoms with Gasteiger partial charge < -0.3 is 10.5 Å². The fraction of sp³-hybridized carbons (Fsp3) is 0.231. The molecule has 0 spiro atoms. The third-order valence-corrected chi connectivity index (χ3v) is 3.28. The zero-order valence-electron chi connectivity index (χ0n) is 9.94. The number of benzene rings is 1. The minimum Gasteiger partial charge on any atom is -0.436 e. The number of hydrogen-bond donors (Lipinski definition) is 1. The first-order chi connectivity index (χ1) is 9.11. The fourth-order valence-electron chi connectivity index (χ4n) is 1.71. The van der Waals surface area contributed by atoms with Gasteiger partial charge in [0.25, 0.3) is 0 Å². The van der Waals surface area contributed by atoms with Crippen LogP contribution in [0.1, 0.15) is 24.6 Å². The molecule has 0 atom stereocenters. The molecule has 0 saturated heterocycles. The molecule has 0 amide bonds. The second-order valence-electron chi connectivity index (χ2n) is 4.44. The number of nitrogens with two attached hydrogens (primary N) is 1. The summed E-state index contributed by atoms with van der Waals surface area (Å²) < 4.78 is 19.8. The molecule has 1 aromatic heterocycles. The van der Waals surface area contributed by atoms with Gasteiger partial charge in [-0.25, -0.2) is 9.37 Å². The summed E-state index contributed by atoms with van der Waals surface area (Å²) in [6, 6.07) is 6.06. The average molecular weight is 324 g/mol. The smallest absolute Gasteiger partial charge is 0.224 e. The highest BCUT2D eigenvalue weighted by Crippen LogP contribution is 2.39. The Bertz CT molecular complexity index is 631. The normalized spacial score (nSPS) is 14.4. The number of ether oxygens (including phenoxy) is 1. The van der Waals surface area contributed by atoms with Crippen LogP contribution in [0.5, 0.6) is 11.6 Å². The maximum absolute atomic E-state index is 13.7. The lowest BCUT2D eigenvalue weighted by Gasteiger charge is -2.08. The lowest BCUT2D eigenvalue weighted by molar-refractivity contribution is 0.424. The Kier molecular flexibility index (Phi) is 3.10. The van der Waals surface area contributed by atoms with Crippen molar-refractivity contribution in [2.24, 2.45) is 0 Å². The first-order valence-corrected chi connectivity index (χ1v) is 6.68. The van der Waals surface area contributed by atoms with E-state index in [0.717, 1.165) is 12.8 Å². The van der Waals surface area contributed by atoms with Crippen molar-refractivity contribution in [3.63, 3.8) is 0 Å². The van der Waals surface area contributed by atoms with Gasteiger partial charge in [0.05, 0.1) is 0 Å². The van der Waals surface area contributed by atoms with E-state index in [0.29, 0.717) is 22.0 Å². The number of anilines is 1. The van der Waals surface area contributed by atoms with Crippen molar-refractivity contribution in [3.05, 3.63) is 40.4 Å². The third kappa shape index (κ3) is 2.84. The van der Waals surface area contributed by atoms with Crippen molar-refractivity contribution in [1.29, 1.82) is 0 Å². The Morgan fingerprint density at radius 2 is 2.05 bits per heavy atom. The van der Waals surface area contributed by atoms with Gasteiger partial charge in [-0.1, -0.05) is 15.9 Å². The van der Waals surface area contributed by atoms with Gasteiger partial charge in [0.15, 0.2) is 11.6 Å². The van der Waals surface area contributed by atoms with Gasteiger partial charge in [0, 0.05) is 16.5 Å². The lowest BCUT2D eigenvalue weighted by Crippen LogP contribution is -2.01. The Hall–Kier alpha value is -1.69. The number of nitrogen functional groups attached to an aromatic ring is 1. The first-order valence-electron chi connectivity index (χ1n) is 5.89. The van der Waals surface area contributed by atoms with Gasteiger partial charge in [0.1, 0.15) is 11.6 Å². The van der Waals surface area contributed by atoms with Crippen molar-refractivity contribution in [1.82, 2.24) is 9.97 Å². The monoisotopic (exact) mass is 323 g/mol. The van der Waals surface area contributed by atoms with Gasteiger partial charge in [-0.2, -0.15) is 4.98 Å². The molecule has 1 heterocycles. The quantitative estimate of drug-likeness (QED) is 0.936. The van der Waals surface area contributed by atoms with Crippen LogP contribution in [-0.4, -0.2) is 9.97 Å². The molecule has 1 fully saturated rings.